The zero-order valence-electron chi connectivity index (χ0n) is 9.02. The van der Waals surface area contributed by atoms with E-state index in [4.69, 9.17) is 4.42 Å². The van der Waals surface area contributed by atoms with Crippen LogP contribution in [0.2, 0.25) is 0 Å². The first-order valence-corrected chi connectivity index (χ1v) is 5.67. The highest BCUT2D eigenvalue weighted by atomic mass is 16.4. The van der Waals surface area contributed by atoms with E-state index in [0.29, 0.717) is 5.76 Å². The third-order valence-corrected chi connectivity index (χ3v) is 3.17. The SMILES string of the molecule is OC1(c2cc3ccccc3o2)C=CCCC1. The molecule has 2 aromatic rings. The van der Waals surface area contributed by atoms with E-state index in [9.17, 15) is 5.11 Å². The maximum atomic E-state index is 10.5. The highest BCUT2D eigenvalue weighted by Crippen LogP contribution is 2.35. The van der Waals surface area contributed by atoms with Gasteiger partial charge in [-0.25, -0.2) is 0 Å². The van der Waals surface area contributed by atoms with Gasteiger partial charge in [-0.3, -0.25) is 0 Å². The molecule has 1 aromatic heterocycles. The summed E-state index contributed by atoms with van der Waals surface area (Å²) in [5, 5.41) is 11.5. The standard InChI is InChI=1S/C14H14O2/c15-14(8-4-1-5-9-14)13-10-11-6-2-3-7-12(11)16-13/h2-4,6-8,10,15H,1,5,9H2. The molecule has 0 radical (unpaired) electrons. The van der Waals surface area contributed by atoms with Crippen molar-refractivity contribution in [2.24, 2.45) is 0 Å². The number of hydrogen-bond acceptors (Lipinski definition) is 2. The molecule has 1 N–H and O–H groups in total. The minimum atomic E-state index is -0.905. The van der Waals surface area contributed by atoms with Crippen LogP contribution in [-0.2, 0) is 5.60 Å². The first-order valence-electron chi connectivity index (χ1n) is 5.67. The number of aliphatic hydroxyl groups is 1. The van der Waals surface area contributed by atoms with Gasteiger partial charge in [0.15, 0.2) is 0 Å². The number of rotatable bonds is 1. The van der Waals surface area contributed by atoms with E-state index < -0.39 is 5.60 Å². The van der Waals surface area contributed by atoms with E-state index in [1.165, 1.54) is 0 Å². The largest absolute Gasteiger partial charge is 0.458 e. The van der Waals surface area contributed by atoms with Crippen LogP contribution in [-0.4, -0.2) is 5.11 Å². The molecule has 16 heavy (non-hydrogen) atoms. The smallest absolute Gasteiger partial charge is 0.140 e. The van der Waals surface area contributed by atoms with Crippen LogP contribution >= 0.6 is 0 Å². The Morgan fingerprint density at radius 1 is 1.25 bits per heavy atom. The number of furan rings is 1. The third-order valence-electron chi connectivity index (χ3n) is 3.17. The fourth-order valence-electron chi connectivity index (χ4n) is 2.25. The zero-order valence-corrected chi connectivity index (χ0v) is 9.02. The van der Waals surface area contributed by atoms with Crippen LogP contribution < -0.4 is 0 Å². The molecule has 1 unspecified atom stereocenters. The molecule has 1 aliphatic rings. The number of benzene rings is 1. The number of fused-ring (bicyclic) bond motifs is 1. The predicted molar refractivity (Wildman–Crippen MR) is 63.1 cm³/mol. The Hall–Kier alpha value is -1.54. The summed E-state index contributed by atoms with van der Waals surface area (Å²) < 4.78 is 5.71. The molecule has 1 aromatic carbocycles. The van der Waals surface area contributed by atoms with Crippen molar-refractivity contribution in [3.63, 3.8) is 0 Å². The lowest BCUT2D eigenvalue weighted by atomic mass is 9.89. The monoisotopic (exact) mass is 214 g/mol. The fraction of sp³-hybridized carbons (Fsp3) is 0.286. The van der Waals surface area contributed by atoms with Crippen molar-refractivity contribution in [3.05, 3.63) is 48.2 Å². The second-order valence-electron chi connectivity index (χ2n) is 4.37. The van der Waals surface area contributed by atoms with Gasteiger partial charge in [-0.1, -0.05) is 24.3 Å². The van der Waals surface area contributed by atoms with Gasteiger partial charge in [0.2, 0.25) is 0 Å². The highest BCUT2D eigenvalue weighted by Gasteiger charge is 2.31. The van der Waals surface area contributed by atoms with Crippen LogP contribution in [0.15, 0.2) is 46.9 Å². The molecule has 0 saturated carbocycles. The maximum absolute atomic E-state index is 10.5. The Morgan fingerprint density at radius 2 is 2.12 bits per heavy atom. The lowest BCUT2D eigenvalue weighted by Gasteiger charge is -2.24. The minimum Gasteiger partial charge on any atom is -0.458 e. The fourth-order valence-corrected chi connectivity index (χ4v) is 2.25. The quantitative estimate of drug-likeness (QED) is 0.738. The molecule has 0 bridgehead atoms. The number of allylic oxidation sites excluding steroid dienone is 1. The number of hydrogen-bond donors (Lipinski definition) is 1. The second-order valence-corrected chi connectivity index (χ2v) is 4.37. The summed E-state index contributed by atoms with van der Waals surface area (Å²) in [7, 11) is 0. The van der Waals surface area contributed by atoms with Gasteiger partial charge in [-0.05, 0) is 37.5 Å². The first kappa shape index (κ1) is 9.67. The van der Waals surface area contributed by atoms with Crippen molar-refractivity contribution in [2.45, 2.75) is 24.9 Å². The molecule has 0 aliphatic heterocycles. The molecule has 82 valence electrons. The summed E-state index contributed by atoms with van der Waals surface area (Å²) in [6, 6.07) is 9.77. The van der Waals surface area contributed by atoms with Gasteiger partial charge in [-0.15, -0.1) is 0 Å². The van der Waals surface area contributed by atoms with Gasteiger partial charge in [0.05, 0.1) is 0 Å². The Balaban J connectivity index is 2.11. The summed E-state index contributed by atoms with van der Waals surface area (Å²) in [6.07, 6.45) is 6.67. The molecule has 0 amide bonds. The molecule has 1 aliphatic carbocycles. The molecule has 1 atom stereocenters. The van der Waals surface area contributed by atoms with Gasteiger partial charge < -0.3 is 9.52 Å². The van der Waals surface area contributed by atoms with Crippen LogP contribution in [0, 0.1) is 0 Å². The van der Waals surface area contributed by atoms with Crippen LogP contribution in [0.5, 0.6) is 0 Å². The molecule has 1 heterocycles. The van der Waals surface area contributed by atoms with Crippen molar-refractivity contribution in [1.82, 2.24) is 0 Å². The number of para-hydroxylation sites is 1. The summed E-state index contributed by atoms with van der Waals surface area (Å²) in [6.45, 7) is 0. The van der Waals surface area contributed by atoms with Crippen LogP contribution in [0.3, 0.4) is 0 Å². The van der Waals surface area contributed by atoms with Crippen LogP contribution in [0.4, 0.5) is 0 Å². The Morgan fingerprint density at radius 3 is 2.88 bits per heavy atom. The molecular formula is C14H14O2. The van der Waals surface area contributed by atoms with Crippen molar-refractivity contribution in [3.8, 4) is 0 Å². The Kier molecular flexibility index (Phi) is 2.11. The third kappa shape index (κ3) is 1.46. The average Bonchev–Trinajstić information content (AvgIpc) is 2.74. The minimum absolute atomic E-state index is 0.657. The Labute approximate surface area is 94.2 Å². The lowest BCUT2D eigenvalue weighted by molar-refractivity contribution is 0.0511. The molecule has 0 spiro atoms. The van der Waals surface area contributed by atoms with Gasteiger partial charge in [0.1, 0.15) is 16.9 Å². The molecular weight excluding hydrogens is 200 g/mol. The predicted octanol–water partition coefficient (Wildman–Crippen LogP) is 3.36. The van der Waals surface area contributed by atoms with Crippen molar-refractivity contribution >= 4 is 11.0 Å². The lowest BCUT2D eigenvalue weighted by Crippen LogP contribution is -2.23. The van der Waals surface area contributed by atoms with Crippen molar-refractivity contribution < 1.29 is 9.52 Å². The van der Waals surface area contributed by atoms with Crippen LogP contribution in [0.1, 0.15) is 25.0 Å². The van der Waals surface area contributed by atoms with E-state index in [-0.39, 0.29) is 0 Å². The van der Waals surface area contributed by atoms with Gasteiger partial charge >= 0.3 is 0 Å². The second kappa shape index (κ2) is 3.49. The van der Waals surface area contributed by atoms with E-state index in [0.717, 1.165) is 30.2 Å². The van der Waals surface area contributed by atoms with Crippen LogP contribution in [0.25, 0.3) is 11.0 Å². The van der Waals surface area contributed by atoms with Gasteiger partial charge in [0.25, 0.3) is 0 Å². The van der Waals surface area contributed by atoms with Crippen molar-refractivity contribution in [2.75, 3.05) is 0 Å². The topological polar surface area (TPSA) is 33.4 Å². The summed E-state index contributed by atoms with van der Waals surface area (Å²) in [5.74, 6) is 0.657. The summed E-state index contributed by atoms with van der Waals surface area (Å²) in [4.78, 5) is 0. The van der Waals surface area contributed by atoms with E-state index >= 15 is 0 Å². The van der Waals surface area contributed by atoms with Gasteiger partial charge in [0, 0.05) is 5.39 Å². The summed E-state index contributed by atoms with van der Waals surface area (Å²) >= 11 is 0. The average molecular weight is 214 g/mol. The van der Waals surface area contributed by atoms with Gasteiger partial charge in [-0.2, -0.15) is 0 Å². The molecule has 3 rings (SSSR count). The van der Waals surface area contributed by atoms with E-state index in [1.807, 2.05) is 42.5 Å². The molecule has 2 nitrogen and oxygen atoms in total. The van der Waals surface area contributed by atoms with E-state index in [1.54, 1.807) is 0 Å². The van der Waals surface area contributed by atoms with Crippen molar-refractivity contribution in [1.29, 1.82) is 0 Å². The maximum Gasteiger partial charge on any atom is 0.140 e. The van der Waals surface area contributed by atoms with E-state index in [2.05, 4.69) is 0 Å². The first-order chi connectivity index (χ1) is 7.78. The molecule has 0 saturated heterocycles. The summed E-state index contributed by atoms with van der Waals surface area (Å²) in [5.41, 5.74) is -0.0676. The highest BCUT2D eigenvalue weighted by molar-refractivity contribution is 5.78. The molecule has 0 fully saturated rings. The zero-order chi connectivity index (χ0) is 11.0. The normalized spacial score (nSPS) is 25.1. The Bertz CT molecular complexity index is 505. The molecule has 2 heteroatoms.